The van der Waals surface area contributed by atoms with E-state index < -0.39 is 22.2 Å². The van der Waals surface area contributed by atoms with Gasteiger partial charge in [0.25, 0.3) is 15.9 Å². The van der Waals surface area contributed by atoms with Crippen LogP contribution in [0.3, 0.4) is 0 Å². The molecule has 2 N–H and O–H groups in total. The predicted octanol–water partition coefficient (Wildman–Crippen LogP) is 3.89. The zero-order valence-corrected chi connectivity index (χ0v) is 23.7. The second-order valence-electron chi connectivity index (χ2n) is 9.92. The first-order chi connectivity index (χ1) is 18.6. The van der Waals surface area contributed by atoms with Crippen molar-refractivity contribution in [2.24, 2.45) is 5.92 Å². The average Bonchev–Trinajstić information content (AvgIpc) is 2.91. The molecule has 1 aromatic heterocycles. The third-order valence-electron chi connectivity index (χ3n) is 6.75. The van der Waals surface area contributed by atoms with E-state index in [0.717, 1.165) is 5.56 Å². The maximum Gasteiger partial charge on any atom is 0.262 e. The number of nitrogens with zero attached hydrogens (tertiary/aromatic N) is 3. The summed E-state index contributed by atoms with van der Waals surface area (Å²) in [4.78, 5) is 21.5. The smallest absolute Gasteiger partial charge is 0.262 e. The fourth-order valence-electron chi connectivity index (χ4n) is 4.53. The highest BCUT2D eigenvalue weighted by Gasteiger charge is 2.35. The molecule has 0 saturated heterocycles. The number of para-hydroxylation sites is 1. The van der Waals surface area contributed by atoms with Gasteiger partial charge in [-0.2, -0.15) is 0 Å². The van der Waals surface area contributed by atoms with Gasteiger partial charge in [-0.05, 0) is 68.1 Å². The maximum atomic E-state index is 13.7. The van der Waals surface area contributed by atoms with Crippen LogP contribution < -0.4 is 9.46 Å². The van der Waals surface area contributed by atoms with Gasteiger partial charge >= 0.3 is 0 Å². The Hall–Kier alpha value is -3.18. The van der Waals surface area contributed by atoms with E-state index >= 15 is 0 Å². The highest BCUT2D eigenvalue weighted by molar-refractivity contribution is 7.92. The molecule has 0 saturated carbocycles. The van der Waals surface area contributed by atoms with E-state index in [9.17, 15) is 18.3 Å². The Bertz CT molecular complexity index is 1390. The van der Waals surface area contributed by atoms with Gasteiger partial charge < -0.3 is 14.7 Å². The fraction of sp³-hybridized carbons (Fsp3) is 0.357. The fourth-order valence-corrected chi connectivity index (χ4v) is 5.72. The molecular formula is C28H33ClN4O5S. The lowest BCUT2D eigenvalue weighted by atomic mass is 9.99. The third-order valence-corrected chi connectivity index (χ3v) is 8.39. The van der Waals surface area contributed by atoms with Gasteiger partial charge in [-0.25, -0.2) is 8.42 Å². The van der Waals surface area contributed by atoms with Crippen LogP contribution in [-0.4, -0.2) is 73.1 Å². The summed E-state index contributed by atoms with van der Waals surface area (Å²) in [6, 6.07) is 14.1. The monoisotopic (exact) mass is 572 g/mol. The molecule has 3 aromatic rings. The summed E-state index contributed by atoms with van der Waals surface area (Å²) in [5, 5.41) is 10.3. The van der Waals surface area contributed by atoms with Crippen molar-refractivity contribution in [3.63, 3.8) is 0 Å². The maximum absolute atomic E-state index is 13.7. The quantitative estimate of drug-likeness (QED) is 0.400. The van der Waals surface area contributed by atoms with Gasteiger partial charge in [-0.1, -0.05) is 24.6 Å². The molecule has 0 aliphatic carbocycles. The SMILES string of the molecule is C[C@@H]1CN([C@H](C)CO)C(=O)c2cccc(NS(=O)(=O)c3ccc(Cl)cc3)c2O[C@H]1CN(C)Cc1ccncc1. The topological polar surface area (TPSA) is 112 Å². The summed E-state index contributed by atoms with van der Waals surface area (Å²) in [6.07, 6.45) is 3.10. The largest absolute Gasteiger partial charge is 0.486 e. The number of likely N-dealkylation sites (N-methyl/N-ethyl adjacent to an activating group) is 1. The number of pyridine rings is 1. The Kier molecular flexibility index (Phi) is 9.12. The summed E-state index contributed by atoms with van der Waals surface area (Å²) in [5.41, 5.74) is 1.47. The molecule has 0 spiro atoms. The first-order valence-electron chi connectivity index (χ1n) is 12.7. The third kappa shape index (κ3) is 6.88. The molecule has 208 valence electrons. The Morgan fingerprint density at radius 2 is 1.87 bits per heavy atom. The van der Waals surface area contributed by atoms with Crippen molar-refractivity contribution in [1.82, 2.24) is 14.8 Å². The first kappa shape index (κ1) is 28.8. The normalized spacial score (nSPS) is 18.6. The van der Waals surface area contributed by atoms with Crippen LogP contribution in [0.4, 0.5) is 5.69 Å². The van der Waals surface area contributed by atoms with Gasteiger partial charge in [0, 0.05) is 43.0 Å². The van der Waals surface area contributed by atoms with E-state index in [1.807, 2.05) is 26.1 Å². The second kappa shape index (κ2) is 12.3. The van der Waals surface area contributed by atoms with Crippen molar-refractivity contribution in [3.8, 4) is 5.75 Å². The van der Waals surface area contributed by atoms with Gasteiger partial charge in [-0.3, -0.25) is 19.4 Å². The highest BCUT2D eigenvalue weighted by Crippen LogP contribution is 2.36. The molecule has 1 amide bonds. The molecule has 0 fully saturated rings. The highest BCUT2D eigenvalue weighted by atomic mass is 35.5. The number of hydrogen-bond acceptors (Lipinski definition) is 7. The molecule has 11 heteroatoms. The lowest BCUT2D eigenvalue weighted by Crippen LogP contribution is -2.49. The molecule has 2 aromatic carbocycles. The number of amides is 1. The minimum atomic E-state index is -4.00. The van der Waals surface area contributed by atoms with Gasteiger partial charge in [0.05, 0.1) is 28.8 Å². The molecule has 39 heavy (non-hydrogen) atoms. The number of anilines is 1. The van der Waals surface area contributed by atoms with E-state index in [0.29, 0.717) is 24.7 Å². The standard InChI is InChI=1S/C28H33ClN4O5S/c1-19-15-33(20(2)18-34)28(35)24-5-4-6-25(31-39(36,37)23-9-7-22(29)8-10-23)27(24)38-26(19)17-32(3)16-21-11-13-30-14-12-21/h4-14,19-20,26,31,34H,15-18H2,1-3H3/t19-,20-,26+/m1/s1. The van der Waals surface area contributed by atoms with Crippen LogP contribution in [0, 0.1) is 5.92 Å². The van der Waals surface area contributed by atoms with Gasteiger partial charge in [0.15, 0.2) is 5.75 Å². The van der Waals surface area contributed by atoms with Crippen LogP contribution in [-0.2, 0) is 16.6 Å². The van der Waals surface area contributed by atoms with Gasteiger partial charge in [0.2, 0.25) is 0 Å². The molecule has 1 aliphatic heterocycles. The molecule has 0 unspecified atom stereocenters. The molecule has 0 radical (unpaired) electrons. The zero-order chi connectivity index (χ0) is 28.2. The predicted molar refractivity (Wildman–Crippen MR) is 150 cm³/mol. The van der Waals surface area contributed by atoms with E-state index in [4.69, 9.17) is 16.3 Å². The summed E-state index contributed by atoms with van der Waals surface area (Å²) in [6.45, 7) is 5.10. The van der Waals surface area contributed by atoms with Gasteiger partial charge in [0.1, 0.15) is 6.10 Å². The van der Waals surface area contributed by atoms with Crippen molar-refractivity contribution in [1.29, 1.82) is 0 Å². The molecule has 1 aliphatic rings. The average molecular weight is 573 g/mol. The van der Waals surface area contributed by atoms with Crippen molar-refractivity contribution in [2.45, 2.75) is 37.4 Å². The van der Waals surface area contributed by atoms with Crippen molar-refractivity contribution in [3.05, 3.63) is 83.1 Å². The Labute approximate surface area is 234 Å². The number of rotatable bonds is 9. The minimum Gasteiger partial charge on any atom is -0.486 e. The summed E-state index contributed by atoms with van der Waals surface area (Å²) in [7, 11) is -2.02. The number of nitrogens with one attached hydrogen (secondary N) is 1. The number of sulfonamides is 1. The number of benzene rings is 2. The number of carbonyl (C=O) groups is 1. The lowest BCUT2D eigenvalue weighted by molar-refractivity contribution is 0.0344. The Morgan fingerprint density at radius 3 is 2.54 bits per heavy atom. The molecule has 4 rings (SSSR count). The number of carbonyl (C=O) groups excluding carboxylic acids is 1. The summed E-state index contributed by atoms with van der Waals surface area (Å²) >= 11 is 5.94. The van der Waals surface area contributed by atoms with Crippen LogP contribution >= 0.6 is 11.6 Å². The van der Waals surface area contributed by atoms with Crippen LogP contribution in [0.5, 0.6) is 5.75 Å². The van der Waals surface area contributed by atoms with E-state index in [1.165, 1.54) is 24.3 Å². The van der Waals surface area contributed by atoms with Crippen molar-refractivity contribution >= 4 is 33.2 Å². The number of fused-ring (bicyclic) bond motifs is 1. The van der Waals surface area contributed by atoms with Gasteiger partial charge in [-0.15, -0.1) is 0 Å². The molecule has 9 nitrogen and oxygen atoms in total. The van der Waals surface area contributed by atoms with E-state index in [-0.39, 0.29) is 40.3 Å². The van der Waals surface area contributed by atoms with E-state index in [2.05, 4.69) is 14.6 Å². The van der Waals surface area contributed by atoms with E-state index in [1.54, 1.807) is 42.4 Å². The number of halogens is 1. The van der Waals surface area contributed by atoms with Crippen molar-refractivity contribution < 1.29 is 23.1 Å². The first-order valence-corrected chi connectivity index (χ1v) is 14.5. The molecule has 0 bridgehead atoms. The van der Waals surface area contributed by atoms with Crippen LogP contribution in [0.25, 0.3) is 0 Å². The van der Waals surface area contributed by atoms with Crippen LogP contribution in [0.1, 0.15) is 29.8 Å². The zero-order valence-electron chi connectivity index (χ0n) is 22.1. The number of ether oxygens (including phenoxy) is 1. The molecule has 2 heterocycles. The number of aliphatic hydroxyl groups is 1. The van der Waals surface area contributed by atoms with Crippen LogP contribution in [0.15, 0.2) is 71.9 Å². The summed E-state index contributed by atoms with van der Waals surface area (Å²) in [5.74, 6) is -0.310. The number of hydrogen-bond donors (Lipinski definition) is 2. The number of aliphatic hydroxyl groups excluding tert-OH is 1. The Morgan fingerprint density at radius 1 is 1.18 bits per heavy atom. The lowest BCUT2D eigenvalue weighted by Gasteiger charge is -2.38. The Balaban J connectivity index is 1.71. The van der Waals surface area contributed by atoms with Crippen LogP contribution in [0.2, 0.25) is 5.02 Å². The second-order valence-corrected chi connectivity index (χ2v) is 12.0. The molecule has 3 atom stereocenters. The minimum absolute atomic E-state index is 0.0270. The molecular weight excluding hydrogens is 540 g/mol. The number of aromatic nitrogens is 1. The van der Waals surface area contributed by atoms with Crippen molar-refractivity contribution in [2.75, 3.05) is 31.5 Å². The summed E-state index contributed by atoms with van der Waals surface area (Å²) < 4.78 is 35.6.